The molecule has 4 heteroatoms. The monoisotopic (exact) mass is 290 g/mol. The number of pyridine rings is 1. The van der Waals surface area contributed by atoms with Gasteiger partial charge in [0.2, 0.25) is 0 Å². The lowest BCUT2D eigenvalue weighted by Gasteiger charge is -2.25. The smallest absolute Gasteiger partial charge is 0.173 e. The van der Waals surface area contributed by atoms with Crippen LogP contribution in [0.2, 0.25) is 0 Å². The Morgan fingerprint density at radius 1 is 1.14 bits per heavy atom. The van der Waals surface area contributed by atoms with Gasteiger partial charge in [0.1, 0.15) is 0 Å². The Morgan fingerprint density at radius 2 is 1.73 bits per heavy atom. The standard InChI is InChI=1S/C18H14N2O2/c1-3-6-16(21)14-11-20-12-15(17(22)7-4-2)18(14)13-8-5-9-19-10-13/h1-2,5,8-12,18,20H,6-7H2. The molecule has 1 aliphatic rings. The average Bonchev–Trinajstić information content (AvgIpc) is 2.55. The van der Waals surface area contributed by atoms with E-state index in [9.17, 15) is 9.59 Å². The second-order valence-corrected chi connectivity index (χ2v) is 4.69. The Bertz CT molecular complexity index is 687. The summed E-state index contributed by atoms with van der Waals surface area (Å²) in [5, 5.41) is 2.84. The SMILES string of the molecule is C#CCC(=O)C1=CNC=C(C(=O)CC#C)C1c1cccnc1. The summed E-state index contributed by atoms with van der Waals surface area (Å²) in [5.41, 5.74) is 1.62. The van der Waals surface area contributed by atoms with Gasteiger partial charge in [0.15, 0.2) is 11.6 Å². The fourth-order valence-electron chi connectivity index (χ4n) is 2.33. The third-order valence-electron chi connectivity index (χ3n) is 3.29. The maximum atomic E-state index is 12.3. The first-order valence-electron chi connectivity index (χ1n) is 6.68. The van der Waals surface area contributed by atoms with E-state index >= 15 is 0 Å². The largest absolute Gasteiger partial charge is 0.367 e. The van der Waals surface area contributed by atoms with Crippen LogP contribution in [0.15, 0.2) is 48.1 Å². The van der Waals surface area contributed by atoms with Gasteiger partial charge in [0.05, 0.1) is 12.8 Å². The fraction of sp³-hybridized carbons (Fsp3) is 0.167. The van der Waals surface area contributed by atoms with Crippen molar-refractivity contribution in [2.45, 2.75) is 18.8 Å². The molecule has 0 saturated heterocycles. The van der Waals surface area contributed by atoms with Gasteiger partial charge in [0, 0.05) is 41.9 Å². The summed E-state index contributed by atoms with van der Waals surface area (Å²) in [6.07, 6.45) is 16.8. The predicted octanol–water partition coefficient (Wildman–Crippen LogP) is 1.72. The zero-order chi connectivity index (χ0) is 15.9. The number of hydrogen-bond acceptors (Lipinski definition) is 4. The van der Waals surface area contributed by atoms with Gasteiger partial charge in [-0.3, -0.25) is 14.6 Å². The van der Waals surface area contributed by atoms with Crippen molar-refractivity contribution in [3.05, 3.63) is 53.6 Å². The van der Waals surface area contributed by atoms with Crippen LogP contribution in [-0.4, -0.2) is 16.6 Å². The molecule has 1 aromatic rings. The highest BCUT2D eigenvalue weighted by atomic mass is 16.1. The molecule has 1 aromatic heterocycles. The second kappa shape index (κ2) is 7.06. The lowest BCUT2D eigenvalue weighted by Crippen LogP contribution is -2.25. The molecule has 0 atom stereocenters. The number of hydrogen-bond donors (Lipinski definition) is 1. The van der Waals surface area contributed by atoms with Crippen LogP contribution in [0.5, 0.6) is 0 Å². The zero-order valence-corrected chi connectivity index (χ0v) is 11.9. The summed E-state index contributed by atoms with van der Waals surface area (Å²) in [4.78, 5) is 28.6. The molecular weight excluding hydrogens is 276 g/mol. The maximum absolute atomic E-state index is 12.3. The number of dihydropyridines is 1. The van der Waals surface area contributed by atoms with Crippen LogP contribution in [-0.2, 0) is 9.59 Å². The van der Waals surface area contributed by atoms with Crippen molar-refractivity contribution in [2.75, 3.05) is 0 Å². The Labute approximate surface area is 129 Å². The topological polar surface area (TPSA) is 59.1 Å². The first-order chi connectivity index (χ1) is 10.7. The number of carbonyl (C=O) groups is 2. The number of allylic oxidation sites excluding steroid dienone is 2. The van der Waals surface area contributed by atoms with Crippen molar-refractivity contribution < 1.29 is 9.59 Å². The number of ketones is 2. The number of rotatable bonds is 5. The Kier molecular flexibility index (Phi) is 4.90. The number of carbonyl (C=O) groups excluding carboxylic acids is 2. The van der Waals surface area contributed by atoms with Crippen LogP contribution < -0.4 is 5.32 Å². The van der Waals surface area contributed by atoms with Gasteiger partial charge in [-0.2, -0.15) is 0 Å². The molecule has 0 amide bonds. The van der Waals surface area contributed by atoms with Crippen molar-refractivity contribution in [3.63, 3.8) is 0 Å². The first kappa shape index (κ1) is 15.3. The normalized spacial score (nSPS) is 13.9. The van der Waals surface area contributed by atoms with E-state index in [2.05, 4.69) is 22.1 Å². The van der Waals surface area contributed by atoms with Gasteiger partial charge in [-0.15, -0.1) is 12.8 Å². The number of nitrogens with one attached hydrogen (secondary N) is 1. The highest BCUT2D eigenvalue weighted by Gasteiger charge is 2.31. The molecule has 2 rings (SSSR count). The van der Waals surface area contributed by atoms with E-state index in [1.807, 2.05) is 6.07 Å². The Hall–Kier alpha value is -3.11. The summed E-state index contributed by atoms with van der Waals surface area (Å²) >= 11 is 0. The van der Waals surface area contributed by atoms with Crippen LogP contribution in [0.3, 0.4) is 0 Å². The molecule has 0 aliphatic carbocycles. The molecule has 0 saturated carbocycles. The van der Waals surface area contributed by atoms with E-state index in [0.717, 1.165) is 5.56 Å². The number of Topliss-reactive ketones (excluding diaryl/α,β-unsaturated/α-hetero) is 2. The first-order valence-corrected chi connectivity index (χ1v) is 6.68. The zero-order valence-electron chi connectivity index (χ0n) is 11.9. The molecule has 2 heterocycles. The van der Waals surface area contributed by atoms with Crippen molar-refractivity contribution in [1.29, 1.82) is 0 Å². The van der Waals surface area contributed by atoms with Crippen LogP contribution in [0.25, 0.3) is 0 Å². The fourth-order valence-corrected chi connectivity index (χ4v) is 2.33. The Morgan fingerprint density at radius 3 is 2.18 bits per heavy atom. The van der Waals surface area contributed by atoms with E-state index in [4.69, 9.17) is 12.8 Å². The number of terminal acetylenes is 2. The van der Waals surface area contributed by atoms with E-state index < -0.39 is 5.92 Å². The highest BCUT2D eigenvalue weighted by Crippen LogP contribution is 2.34. The minimum atomic E-state index is -0.503. The van der Waals surface area contributed by atoms with Gasteiger partial charge in [-0.25, -0.2) is 0 Å². The van der Waals surface area contributed by atoms with Gasteiger partial charge < -0.3 is 5.32 Å². The molecule has 22 heavy (non-hydrogen) atoms. The molecule has 0 bridgehead atoms. The molecule has 0 fully saturated rings. The molecule has 0 spiro atoms. The highest BCUT2D eigenvalue weighted by molar-refractivity contribution is 6.05. The van der Waals surface area contributed by atoms with E-state index in [1.54, 1.807) is 30.9 Å². The maximum Gasteiger partial charge on any atom is 0.173 e. The summed E-state index contributed by atoms with van der Waals surface area (Å²) in [7, 11) is 0. The summed E-state index contributed by atoms with van der Waals surface area (Å²) in [6, 6.07) is 3.57. The van der Waals surface area contributed by atoms with Crippen molar-refractivity contribution in [2.24, 2.45) is 0 Å². The minimum Gasteiger partial charge on any atom is -0.367 e. The van der Waals surface area contributed by atoms with Crippen molar-refractivity contribution >= 4 is 11.6 Å². The molecule has 108 valence electrons. The van der Waals surface area contributed by atoms with E-state index in [0.29, 0.717) is 11.1 Å². The molecule has 1 N–H and O–H groups in total. The minimum absolute atomic E-state index is 0.0269. The van der Waals surface area contributed by atoms with Crippen LogP contribution in [0, 0.1) is 24.7 Å². The second-order valence-electron chi connectivity index (χ2n) is 4.69. The quantitative estimate of drug-likeness (QED) is 0.839. The summed E-state index contributed by atoms with van der Waals surface area (Å²) in [5.74, 6) is 3.76. The predicted molar refractivity (Wildman–Crippen MR) is 83.2 cm³/mol. The molecule has 0 unspecified atom stereocenters. The molecule has 1 aliphatic heterocycles. The third-order valence-corrected chi connectivity index (χ3v) is 3.29. The number of aromatic nitrogens is 1. The Balaban J connectivity index is 2.46. The van der Waals surface area contributed by atoms with Gasteiger partial charge >= 0.3 is 0 Å². The van der Waals surface area contributed by atoms with Crippen LogP contribution >= 0.6 is 0 Å². The van der Waals surface area contributed by atoms with E-state index in [-0.39, 0.29) is 24.4 Å². The molecule has 0 aromatic carbocycles. The lowest BCUT2D eigenvalue weighted by atomic mass is 9.80. The molecule has 0 radical (unpaired) electrons. The van der Waals surface area contributed by atoms with Crippen molar-refractivity contribution in [3.8, 4) is 24.7 Å². The molecular formula is C18H14N2O2. The molecule has 4 nitrogen and oxygen atoms in total. The van der Waals surface area contributed by atoms with E-state index in [1.165, 1.54) is 0 Å². The summed E-state index contributed by atoms with van der Waals surface area (Å²) in [6.45, 7) is 0. The van der Waals surface area contributed by atoms with Gasteiger partial charge in [-0.1, -0.05) is 17.9 Å². The van der Waals surface area contributed by atoms with Crippen molar-refractivity contribution in [1.82, 2.24) is 10.3 Å². The third kappa shape index (κ3) is 3.13. The van der Waals surface area contributed by atoms with Crippen LogP contribution in [0.4, 0.5) is 0 Å². The van der Waals surface area contributed by atoms with Crippen LogP contribution in [0.1, 0.15) is 24.3 Å². The summed E-state index contributed by atoms with van der Waals surface area (Å²) < 4.78 is 0. The van der Waals surface area contributed by atoms with Gasteiger partial charge in [-0.05, 0) is 11.6 Å². The van der Waals surface area contributed by atoms with Gasteiger partial charge in [0.25, 0.3) is 0 Å². The average molecular weight is 290 g/mol. The number of nitrogens with zero attached hydrogens (tertiary/aromatic N) is 1. The lowest BCUT2D eigenvalue weighted by molar-refractivity contribution is -0.115.